The van der Waals surface area contributed by atoms with Crippen LogP contribution in [0.4, 0.5) is 11.5 Å². The minimum atomic E-state index is -0.999. The number of benzene rings is 1. The lowest BCUT2D eigenvalue weighted by Crippen LogP contribution is -2.34. The highest BCUT2D eigenvalue weighted by Crippen LogP contribution is 2.44. The molecule has 0 spiro atoms. The van der Waals surface area contributed by atoms with E-state index in [1.165, 1.54) is 0 Å². The first kappa shape index (κ1) is 25.4. The van der Waals surface area contributed by atoms with Crippen molar-refractivity contribution in [3.05, 3.63) is 53.5 Å². The number of amides is 1. The Labute approximate surface area is 229 Å². The van der Waals surface area contributed by atoms with Crippen LogP contribution in [0.15, 0.2) is 41.5 Å². The van der Waals surface area contributed by atoms with Crippen molar-refractivity contribution in [3.63, 3.8) is 0 Å². The van der Waals surface area contributed by atoms with E-state index in [2.05, 4.69) is 33.1 Å². The van der Waals surface area contributed by atoms with Gasteiger partial charge in [-0.2, -0.15) is 0 Å². The number of hydrogen-bond acceptors (Lipinski definition) is 7. The molecule has 2 N–H and O–H groups in total. The van der Waals surface area contributed by atoms with Crippen molar-refractivity contribution in [2.75, 3.05) is 44.2 Å². The predicted molar refractivity (Wildman–Crippen MR) is 153 cm³/mol. The Kier molecular flexibility index (Phi) is 7.22. The van der Waals surface area contributed by atoms with Crippen molar-refractivity contribution >= 4 is 34.5 Å². The topological polar surface area (TPSA) is 89.2 Å². The van der Waals surface area contributed by atoms with Gasteiger partial charge in [0, 0.05) is 44.3 Å². The zero-order valence-corrected chi connectivity index (χ0v) is 22.4. The van der Waals surface area contributed by atoms with Gasteiger partial charge in [-0.3, -0.25) is 9.78 Å². The van der Waals surface area contributed by atoms with E-state index in [-0.39, 0.29) is 5.91 Å². The second-order valence-electron chi connectivity index (χ2n) is 10.3. The third-order valence-corrected chi connectivity index (χ3v) is 7.89. The number of anilines is 1. The van der Waals surface area contributed by atoms with Crippen molar-refractivity contribution in [3.8, 4) is 11.8 Å². The highest BCUT2D eigenvalue weighted by atomic mass is 16.3. The molecule has 202 valence electrons. The first-order valence-electron chi connectivity index (χ1n) is 13.9. The highest BCUT2D eigenvalue weighted by Gasteiger charge is 2.38. The second kappa shape index (κ2) is 11.1. The summed E-state index contributed by atoms with van der Waals surface area (Å²) < 4.78 is 2.03. The fourth-order valence-corrected chi connectivity index (χ4v) is 5.94. The van der Waals surface area contributed by atoms with Gasteiger partial charge in [0.05, 0.1) is 30.8 Å². The Morgan fingerprint density at radius 1 is 1.10 bits per heavy atom. The average Bonchev–Trinajstić information content (AvgIpc) is 3.52. The van der Waals surface area contributed by atoms with Crippen LogP contribution in [-0.2, 0) is 13.1 Å². The second-order valence-corrected chi connectivity index (χ2v) is 10.3. The lowest BCUT2D eigenvalue weighted by atomic mass is 10.1. The number of aliphatic hydroxyl groups is 1. The number of carbonyl (C=O) groups is 1. The largest absolute Gasteiger partial charge is 0.368 e. The predicted octanol–water partition coefficient (Wildman–Crippen LogP) is 3.26. The van der Waals surface area contributed by atoms with Crippen LogP contribution in [-0.4, -0.2) is 76.0 Å². The number of carbonyl (C=O) groups excluding carboxylic acids is 1. The summed E-state index contributed by atoms with van der Waals surface area (Å²) in [6.45, 7) is 7.43. The molecule has 1 unspecified atom stereocenters. The molecule has 6 rings (SSSR count). The van der Waals surface area contributed by atoms with Gasteiger partial charge in [0.2, 0.25) is 0 Å². The molecule has 9 heteroatoms. The van der Waals surface area contributed by atoms with E-state index in [9.17, 15) is 9.90 Å². The number of nitrogens with one attached hydrogen (secondary N) is 1. The van der Waals surface area contributed by atoms with Gasteiger partial charge in [0.15, 0.2) is 6.23 Å². The number of likely N-dealkylation sites (tertiary alicyclic amines) is 1. The van der Waals surface area contributed by atoms with Gasteiger partial charge < -0.3 is 29.7 Å². The standard InChI is InChI=1S/C30H35N7O2/c1-2-3-18-37-27-26(25(29(38)35-15-6-7-16-35)28(37)34-17-8-12-31-14-19-34)33-21-36(30(27)39)20-24-23-10-5-4-9-22(23)11-13-32-24/h4-5,9-11,13,21,30-31,39H,6-8,12,14-20H2,1H3. The normalized spacial score (nSPS) is 19.1. The van der Waals surface area contributed by atoms with Crippen LogP contribution in [0.25, 0.3) is 10.8 Å². The zero-order chi connectivity index (χ0) is 26.8. The summed E-state index contributed by atoms with van der Waals surface area (Å²) >= 11 is 0. The van der Waals surface area contributed by atoms with E-state index >= 15 is 0 Å². The van der Waals surface area contributed by atoms with Gasteiger partial charge in [0.1, 0.15) is 17.1 Å². The van der Waals surface area contributed by atoms with E-state index in [0.29, 0.717) is 30.0 Å². The average molecular weight is 526 g/mol. The number of aliphatic hydroxyl groups excluding tert-OH is 1. The molecule has 3 aliphatic rings. The Morgan fingerprint density at radius 2 is 1.95 bits per heavy atom. The molecule has 0 saturated carbocycles. The molecular weight excluding hydrogens is 490 g/mol. The van der Waals surface area contributed by atoms with Gasteiger partial charge in [-0.05, 0) is 44.2 Å². The van der Waals surface area contributed by atoms with Crippen molar-refractivity contribution in [1.29, 1.82) is 0 Å². The Hall–Kier alpha value is -3.87. The van der Waals surface area contributed by atoms with E-state index in [4.69, 9.17) is 4.99 Å². The third-order valence-electron chi connectivity index (χ3n) is 7.89. The molecule has 1 atom stereocenters. The summed E-state index contributed by atoms with van der Waals surface area (Å²) in [6, 6.07) is 10.1. The molecule has 0 bridgehead atoms. The number of aliphatic imine (C=N–C) groups is 1. The van der Waals surface area contributed by atoms with E-state index in [1.807, 2.05) is 40.7 Å². The molecule has 0 radical (unpaired) electrons. The molecule has 1 aromatic carbocycles. The minimum absolute atomic E-state index is 0.00677. The summed E-state index contributed by atoms with van der Waals surface area (Å²) in [5.74, 6) is 7.01. The number of pyridine rings is 1. The molecule has 2 fully saturated rings. The number of aromatic nitrogens is 2. The Balaban J connectivity index is 1.46. The van der Waals surface area contributed by atoms with E-state index in [0.717, 1.165) is 80.8 Å². The summed E-state index contributed by atoms with van der Waals surface area (Å²) in [5, 5.41) is 17.5. The highest BCUT2D eigenvalue weighted by molar-refractivity contribution is 6.06. The van der Waals surface area contributed by atoms with Gasteiger partial charge in [-0.25, -0.2) is 4.99 Å². The van der Waals surface area contributed by atoms with Gasteiger partial charge in [-0.15, -0.1) is 5.92 Å². The lowest BCUT2D eigenvalue weighted by molar-refractivity contribution is 0.0427. The van der Waals surface area contributed by atoms with Crippen molar-refractivity contribution < 1.29 is 9.90 Å². The molecule has 39 heavy (non-hydrogen) atoms. The molecular formula is C30H35N7O2. The first-order valence-corrected chi connectivity index (χ1v) is 13.9. The smallest absolute Gasteiger partial charge is 0.259 e. The lowest BCUT2D eigenvalue weighted by Gasteiger charge is -2.30. The van der Waals surface area contributed by atoms with Gasteiger partial charge >= 0.3 is 0 Å². The summed E-state index contributed by atoms with van der Waals surface area (Å²) in [7, 11) is 0. The summed E-state index contributed by atoms with van der Waals surface area (Å²) in [4.78, 5) is 29.5. The van der Waals surface area contributed by atoms with Crippen LogP contribution in [0, 0.1) is 11.8 Å². The van der Waals surface area contributed by atoms with Crippen LogP contribution in [0.3, 0.4) is 0 Å². The SMILES string of the molecule is CC#CCn1c2c(c(C(=O)N3CCCC3)c1N1CCCNCC1)N=CN(Cc1nccc3ccccc13)C2O. The molecule has 1 amide bonds. The van der Waals surface area contributed by atoms with E-state index < -0.39 is 6.23 Å². The molecule has 0 aliphatic carbocycles. The number of fused-ring (bicyclic) bond motifs is 2. The molecule has 3 aliphatic heterocycles. The summed E-state index contributed by atoms with van der Waals surface area (Å²) in [5.41, 5.74) is 2.63. The monoisotopic (exact) mass is 525 g/mol. The number of rotatable bonds is 5. The Morgan fingerprint density at radius 3 is 2.79 bits per heavy atom. The summed E-state index contributed by atoms with van der Waals surface area (Å²) in [6.07, 6.45) is 5.46. The minimum Gasteiger partial charge on any atom is -0.368 e. The van der Waals surface area contributed by atoms with Crippen LogP contribution in [0.5, 0.6) is 0 Å². The number of nitrogens with zero attached hydrogens (tertiary/aromatic N) is 6. The van der Waals surface area contributed by atoms with Crippen LogP contribution < -0.4 is 10.2 Å². The quantitative estimate of drug-likeness (QED) is 0.497. The molecule has 3 aromatic rings. The maximum absolute atomic E-state index is 14.0. The fraction of sp³-hybridized carbons (Fsp3) is 0.433. The third kappa shape index (κ3) is 4.75. The van der Waals surface area contributed by atoms with Crippen LogP contribution >= 0.6 is 0 Å². The van der Waals surface area contributed by atoms with Crippen molar-refractivity contribution in [2.24, 2.45) is 4.99 Å². The molecule has 5 heterocycles. The van der Waals surface area contributed by atoms with Crippen LogP contribution in [0.1, 0.15) is 54.2 Å². The van der Waals surface area contributed by atoms with Gasteiger partial charge in [-0.1, -0.05) is 30.2 Å². The molecule has 9 nitrogen and oxygen atoms in total. The Bertz CT molecular complexity index is 1450. The van der Waals surface area contributed by atoms with Crippen molar-refractivity contribution in [2.45, 2.75) is 45.5 Å². The first-order chi connectivity index (χ1) is 19.2. The van der Waals surface area contributed by atoms with Crippen LogP contribution in [0.2, 0.25) is 0 Å². The zero-order valence-electron chi connectivity index (χ0n) is 22.4. The fourth-order valence-electron chi connectivity index (χ4n) is 5.94. The number of hydrogen-bond donors (Lipinski definition) is 2. The van der Waals surface area contributed by atoms with Crippen molar-refractivity contribution in [1.82, 2.24) is 24.7 Å². The van der Waals surface area contributed by atoms with E-state index in [1.54, 1.807) is 17.4 Å². The maximum Gasteiger partial charge on any atom is 0.259 e. The molecule has 2 aromatic heterocycles. The maximum atomic E-state index is 14.0. The molecule has 2 saturated heterocycles. The van der Waals surface area contributed by atoms with Gasteiger partial charge in [0.25, 0.3) is 5.91 Å².